The maximum absolute atomic E-state index is 9.25. The number of rotatable bonds is 1. The molecule has 0 radical (unpaired) electrons. The highest BCUT2D eigenvalue weighted by Crippen LogP contribution is 2.31. The van der Waals surface area contributed by atoms with E-state index in [4.69, 9.17) is 11.6 Å². The van der Waals surface area contributed by atoms with Gasteiger partial charge in [-0.2, -0.15) is 5.26 Å². The highest BCUT2D eigenvalue weighted by molar-refractivity contribution is 8.06. The van der Waals surface area contributed by atoms with E-state index in [9.17, 15) is 5.26 Å². The van der Waals surface area contributed by atoms with Crippen molar-refractivity contribution in [3.63, 3.8) is 0 Å². The van der Waals surface area contributed by atoms with E-state index in [0.717, 1.165) is 16.3 Å². The Morgan fingerprint density at radius 3 is 2.88 bits per heavy atom. The number of nitrogens with zero attached hydrogens (tertiary/aromatic N) is 3. The van der Waals surface area contributed by atoms with Gasteiger partial charge in [0.05, 0.1) is 10.7 Å². The number of nitriles is 1. The van der Waals surface area contributed by atoms with Crippen LogP contribution in [0.4, 0.5) is 0 Å². The number of thioether (sulfide) groups is 1. The molecular weight excluding hydrogens is 256 g/mol. The first-order chi connectivity index (χ1) is 8.11. The number of nitrogens with one attached hydrogen (secondary N) is 1. The summed E-state index contributed by atoms with van der Waals surface area (Å²) in [6, 6.07) is 2.16. The molecule has 1 aromatic heterocycles. The number of aromatic nitrogens is 2. The van der Waals surface area contributed by atoms with Gasteiger partial charge in [-0.15, -0.1) is 0 Å². The molecule has 0 aliphatic carbocycles. The van der Waals surface area contributed by atoms with Gasteiger partial charge in [-0.05, 0) is 36.4 Å². The average molecular weight is 265 g/mol. The second kappa shape index (κ2) is 4.78. The number of aryl methyl sites for hydroxylation is 1. The Balaban J connectivity index is 2.51. The van der Waals surface area contributed by atoms with Gasteiger partial charge in [-0.3, -0.25) is 0 Å². The lowest BCUT2D eigenvalue weighted by Gasteiger charge is -2.07. The van der Waals surface area contributed by atoms with Gasteiger partial charge in [-0.25, -0.2) is 9.97 Å². The monoisotopic (exact) mass is 264 g/mol. The third-order valence-corrected chi connectivity index (χ3v) is 3.38. The Kier molecular flexibility index (Phi) is 3.36. The molecule has 0 bridgehead atoms. The third-order valence-electron chi connectivity index (χ3n) is 2.18. The van der Waals surface area contributed by atoms with Gasteiger partial charge in [-0.1, -0.05) is 11.8 Å². The molecular formula is C11H9ClN4S. The van der Waals surface area contributed by atoms with Gasteiger partial charge >= 0.3 is 0 Å². The number of hydrogen-bond acceptors (Lipinski definition) is 5. The molecule has 0 saturated carbocycles. The SMILES string of the molecule is CC1=CSC(=C(C#N)c2nc(Cl)ncc2C)N1. The van der Waals surface area contributed by atoms with Crippen molar-refractivity contribution < 1.29 is 0 Å². The molecule has 1 aliphatic heterocycles. The van der Waals surface area contributed by atoms with Gasteiger partial charge in [0.2, 0.25) is 5.28 Å². The summed E-state index contributed by atoms with van der Waals surface area (Å²) in [5.74, 6) is 0. The molecule has 0 spiro atoms. The maximum Gasteiger partial charge on any atom is 0.222 e. The normalized spacial score (nSPS) is 17.2. The minimum atomic E-state index is 0.145. The minimum absolute atomic E-state index is 0.145. The van der Waals surface area contributed by atoms with Crippen LogP contribution in [-0.4, -0.2) is 9.97 Å². The number of halogens is 1. The van der Waals surface area contributed by atoms with E-state index in [2.05, 4.69) is 21.4 Å². The molecule has 1 aliphatic rings. The summed E-state index contributed by atoms with van der Waals surface area (Å²) in [6.07, 6.45) is 1.61. The molecule has 0 amide bonds. The lowest BCUT2D eigenvalue weighted by Crippen LogP contribution is -2.06. The molecule has 0 unspecified atom stereocenters. The minimum Gasteiger partial charge on any atom is -0.352 e. The third kappa shape index (κ3) is 2.43. The zero-order valence-corrected chi connectivity index (χ0v) is 10.9. The van der Waals surface area contributed by atoms with Crippen molar-refractivity contribution in [1.82, 2.24) is 15.3 Å². The first-order valence-corrected chi connectivity index (χ1v) is 6.12. The summed E-state index contributed by atoms with van der Waals surface area (Å²) in [6.45, 7) is 3.79. The lowest BCUT2D eigenvalue weighted by atomic mass is 10.1. The molecule has 4 nitrogen and oxygen atoms in total. The van der Waals surface area contributed by atoms with Crippen molar-refractivity contribution in [1.29, 1.82) is 5.26 Å². The van der Waals surface area contributed by atoms with Crippen LogP contribution in [0.5, 0.6) is 0 Å². The van der Waals surface area contributed by atoms with Crippen LogP contribution in [0.3, 0.4) is 0 Å². The quantitative estimate of drug-likeness (QED) is 0.624. The predicted octanol–water partition coefficient (Wildman–Crippen LogP) is 2.83. The number of hydrogen-bond donors (Lipinski definition) is 1. The topological polar surface area (TPSA) is 61.6 Å². The molecule has 86 valence electrons. The Morgan fingerprint density at radius 1 is 1.53 bits per heavy atom. The Hall–Kier alpha value is -1.51. The molecule has 2 rings (SSSR count). The van der Waals surface area contributed by atoms with Gasteiger partial charge in [0.15, 0.2) is 0 Å². The molecule has 1 aromatic rings. The zero-order chi connectivity index (χ0) is 12.4. The Labute approximate surface area is 108 Å². The van der Waals surface area contributed by atoms with E-state index >= 15 is 0 Å². The highest BCUT2D eigenvalue weighted by atomic mass is 35.5. The molecule has 6 heteroatoms. The standard InChI is InChI=1S/C11H9ClN4S/c1-6-4-14-11(12)16-9(6)8(3-13)10-15-7(2)5-17-10/h4-5,15H,1-2H3. The van der Waals surface area contributed by atoms with Crippen LogP contribution in [0.15, 0.2) is 22.3 Å². The van der Waals surface area contributed by atoms with E-state index in [-0.39, 0.29) is 5.28 Å². The van der Waals surface area contributed by atoms with E-state index in [1.165, 1.54) is 11.8 Å². The van der Waals surface area contributed by atoms with Crippen molar-refractivity contribution in [2.45, 2.75) is 13.8 Å². The first-order valence-electron chi connectivity index (χ1n) is 4.86. The van der Waals surface area contributed by atoms with Crippen molar-refractivity contribution in [3.8, 4) is 6.07 Å². The van der Waals surface area contributed by atoms with Gasteiger partial charge < -0.3 is 5.32 Å². The lowest BCUT2D eigenvalue weighted by molar-refractivity contribution is 1.05. The predicted molar refractivity (Wildman–Crippen MR) is 68.8 cm³/mol. The van der Waals surface area contributed by atoms with Crippen LogP contribution in [-0.2, 0) is 0 Å². The number of allylic oxidation sites excluding steroid dienone is 2. The molecule has 0 saturated heterocycles. The van der Waals surface area contributed by atoms with Gasteiger partial charge in [0.1, 0.15) is 11.6 Å². The van der Waals surface area contributed by atoms with Gasteiger partial charge in [0, 0.05) is 11.9 Å². The van der Waals surface area contributed by atoms with Crippen LogP contribution in [0, 0.1) is 18.3 Å². The van der Waals surface area contributed by atoms with Gasteiger partial charge in [0.25, 0.3) is 0 Å². The maximum atomic E-state index is 9.25. The fraction of sp³-hybridized carbons (Fsp3) is 0.182. The van der Waals surface area contributed by atoms with Crippen LogP contribution < -0.4 is 5.32 Å². The van der Waals surface area contributed by atoms with E-state index in [0.29, 0.717) is 11.3 Å². The summed E-state index contributed by atoms with van der Waals surface area (Å²) in [7, 11) is 0. The fourth-order valence-corrected chi connectivity index (χ4v) is 2.36. The molecule has 17 heavy (non-hydrogen) atoms. The van der Waals surface area contributed by atoms with E-state index < -0.39 is 0 Å². The van der Waals surface area contributed by atoms with Crippen LogP contribution >= 0.6 is 23.4 Å². The van der Waals surface area contributed by atoms with Crippen LogP contribution in [0.2, 0.25) is 5.28 Å². The molecule has 0 atom stereocenters. The summed E-state index contributed by atoms with van der Waals surface area (Å²) in [5, 5.41) is 15.3. The highest BCUT2D eigenvalue weighted by Gasteiger charge is 2.17. The van der Waals surface area contributed by atoms with Crippen molar-refractivity contribution in [3.05, 3.63) is 38.9 Å². The van der Waals surface area contributed by atoms with Crippen LogP contribution in [0.1, 0.15) is 18.2 Å². The van der Waals surface area contributed by atoms with E-state index in [1.54, 1.807) is 6.20 Å². The summed E-state index contributed by atoms with van der Waals surface area (Å²) in [5.41, 5.74) is 2.90. The van der Waals surface area contributed by atoms with Crippen molar-refractivity contribution in [2.24, 2.45) is 0 Å². The van der Waals surface area contributed by atoms with Crippen molar-refractivity contribution >= 4 is 28.9 Å². The molecule has 0 fully saturated rings. The largest absolute Gasteiger partial charge is 0.352 e. The Bertz CT molecular complexity index is 571. The van der Waals surface area contributed by atoms with Crippen molar-refractivity contribution in [2.75, 3.05) is 0 Å². The molecule has 1 N–H and O–H groups in total. The Morgan fingerprint density at radius 2 is 2.29 bits per heavy atom. The molecule has 0 aromatic carbocycles. The second-order valence-electron chi connectivity index (χ2n) is 3.53. The first kappa shape index (κ1) is 12.0. The molecule has 2 heterocycles. The fourth-order valence-electron chi connectivity index (χ4n) is 1.39. The van der Waals surface area contributed by atoms with Crippen LogP contribution in [0.25, 0.3) is 5.57 Å². The second-order valence-corrected chi connectivity index (χ2v) is 4.75. The summed E-state index contributed by atoms with van der Waals surface area (Å²) < 4.78 is 0. The smallest absolute Gasteiger partial charge is 0.222 e. The summed E-state index contributed by atoms with van der Waals surface area (Å²) in [4.78, 5) is 7.99. The average Bonchev–Trinajstić information content (AvgIpc) is 2.71. The zero-order valence-electron chi connectivity index (χ0n) is 9.28. The summed E-state index contributed by atoms with van der Waals surface area (Å²) >= 11 is 7.23. The van der Waals surface area contributed by atoms with E-state index in [1.807, 2.05) is 19.3 Å².